The molecule has 2 aromatic carbocycles. The third-order valence-electron chi connectivity index (χ3n) is 3.34. The zero-order chi connectivity index (χ0) is 17.8. The van der Waals surface area contributed by atoms with Gasteiger partial charge in [-0.2, -0.15) is 5.10 Å². The van der Waals surface area contributed by atoms with Crippen LogP contribution in [-0.4, -0.2) is 14.9 Å². The molecule has 25 heavy (non-hydrogen) atoms. The van der Waals surface area contributed by atoms with E-state index in [1.54, 1.807) is 35.1 Å². The van der Waals surface area contributed by atoms with Crippen LogP contribution in [0.3, 0.4) is 0 Å². The maximum absolute atomic E-state index is 12.9. The van der Waals surface area contributed by atoms with E-state index in [0.717, 1.165) is 11.3 Å². The number of thiocarbonyl (C=S) groups is 1. The zero-order valence-corrected chi connectivity index (χ0v) is 15.2. The topological polar surface area (TPSA) is 41.9 Å². The van der Waals surface area contributed by atoms with E-state index < -0.39 is 0 Å². The number of aromatic nitrogens is 2. The Morgan fingerprint density at radius 3 is 2.52 bits per heavy atom. The van der Waals surface area contributed by atoms with E-state index in [1.807, 2.05) is 12.3 Å². The molecule has 0 atom stereocenters. The van der Waals surface area contributed by atoms with Crippen LogP contribution in [0.25, 0.3) is 0 Å². The first-order valence-corrected chi connectivity index (χ1v) is 8.46. The standard InChI is InChI=1S/C17H13Cl2FN4S/c18-12-2-1-11(16(19)7-12)9-24-10-15(8-21-24)23-17(25)22-14-5-3-13(20)4-6-14/h1-8,10H,9H2,(H2,22,23,25). The molecule has 0 aliphatic heterocycles. The van der Waals surface area contributed by atoms with E-state index in [4.69, 9.17) is 35.4 Å². The molecule has 128 valence electrons. The second-order valence-electron chi connectivity index (χ2n) is 5.25. The van der Waals surface area contributed by atoms with Crippen molar-refractivity contribution < 1.29 is 4.39 Å². The smallest absolute Gasteiger partial charge is 0.175 e. The second kappa shape index (κ2) is 7.82. The van der Waals surface area contributed by atoms with Gasteiger partial charge >= 0.3 is 0 Å². The molecule has 0 fully saturated rings. The van der Waals surface area contributed by atoms with Crippen LogP contribution < -0.4 is 10.6 Å². The maximum atomic E-state index is 12.9. The number of benzene rings is 2. The highest BCUT2D eigenvalue weighted by Gasteiger charge is 2.06. The first-order chi connectivity index (χ1) is 12.0. The Kier molecular flexibility index (Phi) is 5.53. The van der Waals surface area contributed by atoms with E-state index >= 15 is 0 Å². The summed E-state index contributed by atoms with van der Waals surface area (Å²) in [5.74, 6) is -0.299. The minimum atomic E-state index is -0.299. The lowest BCUT2D eigenvalue weighted by Gasteiger charge is -2.08. The lowest BCUT2D eigenvalue weighted by atomic mass is 10.2. The Balaban J connectivity index is 1.61. The lowest BCUT2D eigenvalue weighted by Crippen LogP contribution is -2.18. The van der Waals surface area contributed by atoms with Crippen molar-refractivity contribution in [3.05, 3.63) is 76.3 Å². The summed E-state index contributed by atoms with van der Waals surface area (Å²) in [7, 11) is 0. The lowest BCUT2D eigenvalue weighted by molar-refractivity contribution is 0.628. The molecule has 0 aliphatic rings. The fourth-order valence-corrected chi connectivity index (χ4v) is 2.87. The Labute approximate surface area is 159 Å². The fourth-order valence-electron chi connectivity index (χ4n) is 2.17. The number of hydrogen-bond donors (Lipinski definition) is 2. The Morgan fingerprint density at radius 1 is 1.08 bits per heavy atom. The number of halogens is 3. The summed E-state index contributed by atoms with van der Waals surface area (Å²) in [5.41, 5.74) is 2.33. The monoisotopic (exact) mass is 394 g/mol. The zero-order valence-electron chi connectivity index (χ0n) is 12.8. The highest BCUT2D eigenvalue weighted by Crippen LogP contribution is 2.22. The summed E-state index contributed by atoms with van der Waals surface area (Å²) in [6.07, 6.45) is 3.46. The van der Waals surface area contributed by atoms with Crippen LogP contribution in [0.2, 0.25) is 10.0 Å². The molecule has 1 aromatic heterocycles. The molecule has 0 amide bonds. The molecular weight excluding hydrogens is 382 g/mol. The number of rotatable bonds is 4. The van der Waals surface area contributed by atoms with Crippen LogP contribution in [-0.2, 0) is 6.54 Å². The Hall–Kier alpha value is -2.15. The minimum Gasteiger partial charge on any atom is -0.332 e. The first-order valence-electron chi connectivity index (χ1n) is 7.29. The molecule has 0 saturated carbocycles. The molecular formula is C17H13Cl2FN4S. The van der Waals surface area contributed by atoms with Crippen LogP contribution in [0, 0.1) is 5.82 Å². The number of nitrogens with zero attached hydrogens (tertiary/aromatic N) is 2. The molecule has 4 nitrogen and oxygen atoms in total. The van der Waals surface area contributed by atoms with Crippen molar-refractivity contribution in [3.63, 3.8) is 0 Å². The van der Waals surface area contributed by atoms with Crippen LogP contribution in [0.15, 0.2) is 54.9 Å². The van der Waals surface area contributed by atoms with Crippen molar-refractivity contribution in [1.29, 1.82) is 0 Å². The van der Waals surface area contributed by atoms with Gasteiger partial charge < -0.3 is 10.6 Å². The number of hydrogen-bond acceptors (Lipinski definition) is 2. The van der Waals surface area contributed by atoms with Crippen molar-refractivity contribution in [2.24, 2.45) is 0 Å². The maximum Gasteiger partial charge on any atom is 0.175 e. The molecule has 0 aliphatic carbocycles. The average Bonchev–Trinajstić information content (AvgIpc) is 2.99. The van der Waals surface area contributed by atoms with E-state index in [-0.39, 0.29) is 5.82 Å². The van der Waals surface area contributed by atoms with Crippen molar-refractivity contribution in [3.8, 4) is 0 Å². The molecule has 1 heterocycles. The quantitative estimate of drug-likeness (QED) is 0.597. The summed E-state index contributed by atoms with van der Waals surface area (Å²) in [6, 6.07) is 11.3. The molecule has 2 N–H and O–H groups in total. The van der Waals surface area contributed by atoms with Gasteiger partial charge in [0.25, 0.3) is 0 Å². The molecule has 0 unspecified atom stereocenters. The van der Waals surface area contributed by atoms with Gasteiger partial charge in [0.05, 0.1) is 18.4 Å². The summed E-state index contributed by atoms with van der Waals surface area (Å²) in [5, 5.41) is 11.8. The largest absolute Gasteiger partial charge is 0.332 e. The van der Waals surface area contributed by atoms with E-state index in [1.165, 1.54) is 12.1 Å². The SMILES string of the molecule is Fc1ccc(NC(=S)Nc2cnn(Cc3ccc(Cl)cc3Cl)c2)cc1. The highest BCUT2D eigenvalue weighted by molar-refractivity contribution is 7.80. The van der Waals surface area contributed by atoms with Crippen molar-refractivity contribution in [2.45, 2.75) is 6.54 Å². The molecule has 3 rings (SSSR count). The number of anilines is 2. The van der Waals surface area contributed by atoms with Crippen molar-refractivity contribution in [1.82, 2.24) is 9.78 Å². The Morgan fingerprint density at radius 2 is 1.80 bits per heavy atom. The van der Waals surface area contributed by atoms with Gasteiger partial charge in [0.15, 0.2) is 5.11 Å². The minimum absolute atomic E-state index is 0.299. The summed E-state index contributed by atoms with van der Waals surface area (Å²) in [6.45, 7) is 0.510. The third kappa shape index (κ3) is 4.92. The molecule has 0 radical (unpaired) electrons. The average molecular weight is 395 g/mol. The van der Waals surface area contributed by atoms with Crippen LogP contribution in [0.1, 0.15) is 5.56 Å². The van der Waals surface area contributed by atoms with E-state index in [2.05, 4.69) is 15.7 Å². The van der Waals surface area contributed by atoms with Gasteiger partial charge in [0, 0.05) is 21.9 Å². The first kappa shape index (κ1) is 17.7. The van der Waals surface area contributed by atoms with Gasteiger partial charge in [-0.3, -0.25) is 4.68 Å². The van der Waals surface area contributed by atoms with Crippen LogP contribution in [0.4, 0.5) is 15.8 Å². The Bertz CT molecular complexity index is 896. The van der Waals surface area contributed by atoms with Crippen molar-refractivity contribution >= 4 is 51.9 Å². The van der Waals surface area contributed by atoms with Gasteiger partial charge in [-0.1, -0.05) is 29.3 Å². The normalized spacial score (nSPS) is 10.5. The molecule has 0 saturated heterocycles. The predicted molar refractivity (Wildman–Crippen MR) is 104 cm³/mol. The van der Waals surface area contributed by atoms with E-state index in [9.17, 15) is 4.39 Å². The second-order valence-corrected chi connectivity index (χ2v) is 6.50. The van der Waals surface area contributed by atoms with Crippen molar-refractivity contribution in [2.75, 3.05) is 10.6 Å². The van der Waals surface area contributed by atoms with Gasteiger partial charge in [-0.05, 0) is 54.2 Å². The summed E-state index contributed by atoms with van der Waals surface area (Å²) >= 11 is 17.3. The van der Waals surface area contributed by atoms with Gasteiger partial charge in [-0.15, -0.1) is 0 Å². The van der Waals surface area contributed by atoms with Crippen LogP contribution in [0.5, 0.6) is 0 Å². The molecule has 0 bridgehead atoms. The summed E-state index contributed by atoms with van der Waals surface area (Å²) in [4.78, 5) is 0. The van der Waals surface area contributed by atoms with Crippen LogP contribution >= 0.6 is 35.4 Å². The highest BCUT2D eigenvalue weighted by atomic mass is 35.5. The molecule has 3 aromatic rings. The molecule has 0 spiro atoms. The van der Waals surface area contributed by atoms with Gasteiger partial charge in [0.2, 0.25) is 0 Å². The van der Waals surface area contributed by atoms with Gasteiger partial charge in [-0.25, -0.2) is 4.39 Å². The fraction of sp³-hybridized carbons (Fsp3) is 0.0588. The molecule has 8 heteroatoms. The summed E-state index contributed by atoms with van der Waals surface area (Å²) < 4.78 is 14.6. The predicted octanol–water partition coefficient (Wildman–Crippen LogP) is 5.19. The van der Waals surface area contributed by atoms with E-state index in [0.29, 0.717) is 27.4 Å². The van der Waals surface area contributed by atoms with Gasteiger partial charge in [0.1, 0.15) is 5.82 Å². The third-order valence-corrected chi connectivity index (χ3v) is 4.13. The number of nitrogens with one attached hydrogen (secondary N) is 2.